The van der Waals surface area contributed by atoms with Gasteiger partial charge in [-0.15, -0.1) is 0 Å². The van der Waals surface area contributed by atoms with Crippen LogP contribution in [-0.2, 0) is 16.7 Å². The van der Waals surface area contributed by atoms with E-state index in [9.17, 15) is 18.3 Å². The monoisotopic (exact) mass is 587 g/mol. The lowest BCUT2D eigenvalue weighted by molar-refractivity contribution is -0.217. The molecule has 0 amide bonds. The average Bonchev–Trinajstić information content (AvgIpc) is 2.95. The normalized spacial score (nSPS) is 23.1. The fourth-order valence-electron chi connectivity index (χ4n) is 6.66. The molecule has 232 valence electrons. The van der Waals surface area contributed by atoms with Crippen LogP contribution in [0.5, 0.6) is 5.75 Å². The van der Waals surface area contributed by atoms with Crippen molar-refractivity contribution in [1.82, 2.24) is 4.90 Å². The predicted molar refractivity (Wildman–Crippen MR) is 163 cm³/mol. The van der Waals surface area contributed by atoms with Crippen LogP contribution in [0, 0.1) is 11.3 Å². The third-order valence-electron chi connectivity index (χ3n) is 9.34. The van der Waals surface area contributed by atoms with Crippen LogP contribution in [0.25, 0.3) is 5.57 Å². The lowest BCUT2D eigenvalue weighted by atomic mass is 9.67. The Hall–Kier alpha value is -2.35. The Morgan fingerprint density at radius 3 is 2.29 bits per heavy atom. The molecular formula is C35H48F3NO3. The highest BCUT2D eigenvalue weighted by molar-refractivity contribution is 5.66. The molecule has 2 aromatic rings. The second-order valence-corrected chi connectivity index (χ2v) is 13.6. The molecule has 1 heterocycles. The van der Waals surface area contributed by atoms with Crippen molar-refractivity contribution in [1.29, 1.82) is 0 Å². The number of rotatable bonds is 11. The Kier molecular flexibility index (Phi) is 10.2. The highest BCUT2D eigenvalue weighted by atomic mass is 19.4. The Balaban J connectivity index is 1.56. The van der Waals surface area contributed by atoms with Crippen molar-refractivity contribution in [2.24, 2.45) is 11.3 Å². The van der Waals surface area contributed by atoms with Gasteiger partial charge >= 0.3 is 6.18 Å². The molecule has 42 heavy (non-hydrogen) atoms. The van der Waals surface area contributed by atoms with Crippen LogP contribution < -0.4 is 4.74 Å². The molecule has 2 aromatic carbocycles. The molecule has 0 spiro atoms. The number of nitrogens with zero attached hydrogens (tertiary/aromatic N) is 1. The average molecular weight is 588 g/mol. The number of aliphatic hydroxyl groups is 1. The summed E-state index contributed by atoms with van der Waals surface area (Å²) < 4.78 is 53.7. The summed E-state index contributed by atoms with van der Waals surface area (Å²) in [5, 5.41) is 9.44. The number of ether oxygens (including phenoxy) is 2. The van der Waals surface area contributed by atoms with E-state index in [1.54, 1.807) is 7.11 Å². The topological polar surface area (TPSA) is 41.9 Å². The van der Waals surface area contributed by atoms with E-state index < -0.39 is 11.6 Å². The van der Waals surface area contributed by atoms with E-state index in [0.717, 1.165) is 55.4 Å². The summed E-state index contributed by atoms with van der Waals surface area (Å²) in [7, 11) is 1.65. The van der Waals surface area contributed by atoms with Gasteiger partial charge in [0.05, 0.1) is 18.1 Å². The summed E-state index contributed by atoms with van der Waals surface area (Å²) >= 11 is 0. The maximum absolute atomic E-state index is 14.1. The molecular weight excluding hydrogens is 539 g/mol. The van der Waals surface area contributed by atoms with Gasteiger partial charge in [0.15, 0.2) is 0 Å². The smallest absolute Gasteiger partial charge is 0.395 e. The van der Waals surface area contributed by atoms with E-state index >= 15 is 0 Å². The number of alkyl halides is 3. The Bertz CT molecular complexity index is 1190. The second kappa shape index (κ2) is 13.1. The molecule has 1 saturated heterocycles. The predicted octanol–water partition coefficient (Wildman–Crippen LogP) is 8.18. The molecule has 4 nitrogen and oxygen atoms in total. The summed E-state index contributed by atoms with van der Waals surface area (Å²) in [6.45, 7) is 8.54. The fraction of sp³-hybridized carbons (Fsp3) is 0.600. The van der Waals surface area contributed by atoms with Crippen molar-refractivity contribution in [3.05, 3.63) is 71.3 Å². The second-order valence-electron chi connectivity index (χ2n) is 13.6. The minimum Gasteiger partial charge on any atom is -0.497 e. The zero-order valence-corrected chi connectivity index (χ0v) is 25.9. The summed E-state index contributed by atoms with van der Waals surface area (Å²) in [5.41, 5.74) is 2.25. The number of aliphatic hydroxyl groups excluding tert-OH is 1. The number of allylic oxidation sites excluding steroid dienone is 2. The van der Waals surface area contributed by atoms with E-state index in [4.69, 9.17) is 9.47 Å². The first-order valence-corrected chi connectivity index (χ1v) is 15.2. The highest BCUT2D eigenvalue weighted by Crippen LogP contribution is 2.45. The number of methoxy groups -OCH3 is 1. The van der Waals surface area contributed by atoms with E-state index in [1.807, 2.05) is 17.0 Å². The summed E-state index contributed by atoms with van der Waals surface area (Å²) in [6.07, 6.45) is 3.05. The van der Waals surface area contributed by atoms with Gasteiger partial charge in [0, 0.05) is 31.7 Å². The van der Waals surface area contributed by atoms with Gasteiger partial charge in [-0.3, -0.25) is 4.90 Å². The van der Waals surface area contributed by atoms with Crippen molar-refractivity contribution < 1.29 is 27.8 Å². The van der Waals surface area contributed by atoms with Crippen molar-refractivity contribution in [3.63, 3.8) is 0 Å². The zero-order valence-electron chi connectivity index (χ0n) is 25.9. The van der Waals surface area contributed by atoms with Gasteiger partial charge in [-0.2, -0.15) is 13.2 Å². The van der Waals surface area contributed by atoms with Gasteiger partial charge in [-0.25, -0.2) is 0 Å². The molecule has 0 radical (unpaired) electrons. The lowest BCUT2D eigenvalue weighted by Gasteiger charge is -2.46. The van der Waals surface area contributed by atoms with Gasteiger partial charge in [-0.05, 0) is 113 Å². The first kappa shape index (κ1) is 32.6. The largest absolute Gasteiger partial charge is 0.497 e. The summed E-state index contributed by atoms with van der Waals surface area (Å²) in [5.74, 6) is 1.12. The van der Waals surface area contributed by atoms with Crippen LogP contribution in [0.15, 0.2) is 54.6 Å². The zero-order chi connectivity index (χ0) is 30.6. The van der Waals surface area contributed by atoms with Crippen LogP contribution >= 0.6 is 0 Å². The standard InChI is InChI=1S/C35H48F3NO3/c1-32(2,35(36,37)38)25-39(22-26-6-10-28(11-7-26)29-12-8-27(23-40)9-13-29)20-18-34(19-21-42-33(3,4)24-34)30-14-16-31(41-5)17-15-30/h6-7,10-12,14-17,27,40H,8-9,13,18-25H2,1-5H3/t27-,34+/m0/s1. The number of benzene rings is 2. The van der Waals surface area contributed by atoms with E-state index in [1.165, 1.54) is 25.0 Å². The van der Waals surface area contributed by atoms with E-state index in [2.05, 4.69) is 56.3 Å². The molecule has 0 unspecified atom stereocenters. The molecule has 1 fully saturated rings. The van der Waals surface area contributed by atoms with Crippen molar-refractivity contribution in [2.45, 2.75) is 90.0 Å². The fourth-order valence-corrected chi connectivity index (χ4v) is 6.66. The van der Waals surface area contributed by atoms with E-state index in [-0.39, 0.29) is 24.2 Å². The molecule has 2 atom stereocenters. The van der Waals surface area contributed by atoms with Gasteiger partial charge in [0.25, 0.3) is 0 Å². The van der Waals surface area contributed by atoms with Crippen molar-refractivity contribution >= 4 is 5.57 Å². The van der Waals surface area contributed by atoms with Crippen LogP contribution in [0.4, 0.5) is 13.2 Å². The van der Waals surface area contributed by atoms with E-state index in [0.29, 0.717) is 25.6 Å². The first-order chi connectivity index (χ1) is 19.8. The Labute approximate surface area is 249 Å². The molecule has 1 aliphatic carbocycles. The summed E-state index contributed by atoms with van der Waals surface area (Å²) in [6, 6.07) is 16.4. The minimum absolute atomic E-state index is 0.0788. The SMILES string of the molecule is COc1ccc([C@]2(CCN(Cc3ccc(C4=CC[C@H](CO)CC4)cc3)CC(C)(C)C(F)(F)F)CCOC(C)(C)C2)cc1. The number of hydrogen-bond donors (Lipinski definition) is 1. The molecule has 0 aromatic heterocycles. The minimum atomic E-state index is -4.30. The van der Waals surface area contributed by atoms with Gasteiger partial charge < -0.3 is 14.6 Å². The van der Waals surface area contributed by atoms with Crippen LogP contribution in [-0.4, -0.2) is 55.2 Å². The van der Waals surface area contributed by atoms with Crippen molar-refractivity contribution in [3.8, 4) is 5.75 Å². The summed E-state index contributed by atoms with van der Waals surface area (Å²) in [4.78, 5) is 1.99. The molecule has 4 rings (SSSR count). The van der Waals surface area contributed by atoms with Gasteiger partial charge in [-0.1, -0.05) is 42.5 Å². The molecule has 2 aliphatic rings. The highest BCUT2D eigenvalue weighted by Gasteiger charge is 2.48. The number of hydrogen-bond acceptors (Lipinski definition) is 4. The lowest BCUT2D eigenvalue weighted by Crippen LogP contribution is -2.47. The van der Waals surface area contributed by atoms with Crippen LogP contribution in [0.2, 0.25) is 0 Å². The number of halogens is 3. The van der Waals surface area contributed by atoms with Crippen LogP contribution in [0.1, 0.15) is 82.9 Å². The molecule has 1 N–H and O–H groups in total. The van der Waals surface area contributed by atoms with Gasteiger partial charge in [0.2, 0.25) is 0 Å². The van der Waals surface area contributed by atoms with Crippen molar-refractivity contribution in [2.75, 3.05) is 33.4 Å². The third kappa shape index (κ3) is 7.97. The first-order valence-electron chi connectivity index (χ1n) is 15.2. The quantitative estimate of drug-likeness (QED) is 0.288. The molecule has 1 aliphatic heterocycles. The Morgan fingerprint density at radius 2 is 1.74 bits per heavy atom. The molecule has 0 saturated carbocycles. The van der Waals surface area contributed by atoms with Gasteiger partial charge in [0.1, 0.15) is 5.75 Å². The Morgan fingerprint density at radius 1 is 1.05 bits per heavy atom. The molecule has 0 bridgehead atoms. The molecule has 7 heteroatoms. The third-order valence-corrected chi connectivity index (χ3v) is 9.34. The maximum atomic E-state index is 14.1. The maximum Gasteiger partial charge on any atom is 0.395 e. The van der Waals surface area contributed by atoms with Crippen LogP contribution in [0.3, 0.4) is 0 Å².